The van der Waals surface area contributed by atoms with Crippen molar-refractivity contribution < 1.29 is 23.1 Å². The molecule has 6 nitrogen and oxygen atoms in total. The highest BCUT2D eigenvalue weighted by Crippen LogP contribution is 2.11. The largest absolute Gasteiger partial charge is 0.462 e. The molecular weight excluding hydrogens is 320 g/mol. The first-order valence-electron chi connectivity index (χ1n) is 6.31. The summed E-state index contributed by atoms with van der Waals surface area (Å²) in [6.45, 7) is 1.68. The van der Waals surface area contributed by atoms with Crippen LogP contribution in [0.2, 0.25) is 0 Å². The number of rotatable bonds is 6. The molecule has 0 aromatic carbocycles. The van der Waals surface area contributed by atoms with E-state index in [2.05, 4.69) is 4.98 Å². The average molecular weight is 338 g/mol. The lowest BCUT2D eigenvalue weighted by Crippen LogP contribution is -2.41. The zero-order valence-electron chi connectivity index (χ0n) is 12.2. The number of halogens is 3. The summed E-state index contributed by atoms with van der Waals surface area (Å²) < 4.78 is 30.7. The van der Waals surface area contributed by atoms with Crippen LogP contribution in [0, 0.1) is 6.92 Å². The molecule has 9 heteroatoms. The van der Waals surface area contributed by atoms with Crippen LogP contribution in [0.3, 0.4) is 0 Å². The van der Waals surface area contributed by atoms with Crippen LogP contribution < -0.4 is 11.1 Å². The number of pyridine rings is 1. The van der Waals surface area contributed by atoms with E-state index in [1.54, 1.807) is 6.92 Å². The van der Waals surface area contributed by atoms with Gasteiger partial charge in [0.25, 0.3) is 11.8 Å². The molecular formula is C13H18ClF2N3O3. The molecule has 3 N–H and O–H groups in total. The Morgan fingerprint density at radius 3 is 2.55 bits per heavy atom. The standard InChI is InChI=1S/C13H17F2N3O3.ClH/c1-3-21-12(20)9-4-5-10(18-8(9)2)11(19)17-7-13(14,15)6-16;/h4-5H,3,6-7,16H2,1-2H3,(H,17,19);1H. The molecule has 0 radical (unpaired) electrons. The van der Waals surface area contributed by atoms with Crippen molar-refractivity contribution in [3.63, 3.8) is 0 Å². The van der Waals surface area contributed by atoms with Crippen molar-refractivity contribution in [2.75, 3.05) is 19.7 Å². The van der Waals surface area contributed by atoms with Crippen molar-refractivity contribution in [2.24, 2.45) is 5.73 Å². The Bertz CT molecular complexity index is 541. The molecule has 0 atom stereocenters. The van der Waals surface area contributed by atoms with Gasteiger partial charge >= 0.3 is 5.97 Å². The molecule has 0 saturated heterocycles. The summed E-state index contributed by atoms with van der Waals surface area (Å²) in [6.07, 6.45) is 0. The van der Waals surface area contributed by atoms with E-state index < -0.39 is 30.9 Å². The van der Waals surface area contributed by atoms with E-state index in [4.69, 9.17) is 10.5 Å². The topological polar surface area (TPSA) is 94.3 Å². The van der Waals surface area contributed by atoms with Crippen molar-refractivity contribution in [1.29, 1.82) is 0 Å². The van der Waals surface area contributed by atoms with Gasteiger partial charge in [-0.2, -0.15) is 0 Å². The number of amides is 1. The first-order valence-corrected chi connectivity index (χ1v) is 6.31. The Kier molecular flexibility index (Phi) is 7.89. The van der Waals surface area contributed by atoms with E-state index >= 15 is 0 Å². The van der Waals surface area contributed by atoms with Crippen molar-refractivity contribution in [2.45, 2.75) is 19.8 Å². The van der Waals surface area contributed by atoms with Gasteiger partial charge in [-0.05, 0) is 26.0 Å². The lowest BCUT2D eigenvalue weighted by atomic mass is 10.2. The summed E-state index contributed by atoms with van der Waals surface area (Å²) in [4.78, 5) is 27.2. The maximum absolute atomic E-state index is 12.9. The number of esters is 1. The van der Waals surface area contributed by atoms with Crippen LogP contribution in [0.4, 0.5) is 8.78 Å². The molecule has 0 aliphatic rings. The second-order valence-corrected chi connectivity index (χ2v) is 4.29. The predicted octanol–water partition coefficient (Wildman–Crippen LogP) is 1.31. The summed E-state index contributed by atoms with van der Waals surface area (Å²) in [6, 6.07) is 2.64. The molecule has 0 unspecified atom stereocenters. The van der Waals surface area contributed by atoms with E-state index in [-0.39, 0.29) is 36.0 Å². The Morgan fingerprint density at radius 2 is 2.05 bits per heavy atom. The first-order chi connectivity index (χ1) is 9.80. The fourth-order valence-corrected chi connectivity index (χ4v) is 1.48. The molecule has 22 heavy (non-hydrogen) atoms. The molecule has 0 fully saturated rings. The summed E-state index contributed by atoms with van der Waals surface area (Å²) in [5, 5.41) is 2.04. The van der Waals surface area contributed by atoms with E-state index in [0.29, 0.717) is 0 Å². The van der Waals surface area contributed by atoms with Gasteiger partial charge in [0, 0.05) is 0 Å². The Labute approximate surface area is 132 Å². The second-order valence-electron chi connectivity index (χ2n) is 4.29. The number of carbonyl (C=O) groups excluding carboxylic acids is 2. The van der Waals surface area contributed by atoms with E-state index in [1.165, 1.54) is 19.1 Å². The Hall–Kier alpha value is -1.80. The van der Waals surface area contributed by atoms with Crippen LogP contribution in [0.25, 0.3) is 0 Å². The van der Waals surface area contributed by atoms with Gasteiger partial charge in [0.2, 0.25) is 0 Å². The van der Waals surface area contributed by atoms with Gasteiger partial charge in [-0.3, -0.25) is 4.79 Å². The average Bonchev–Trinajstić information content (AvgIpc) is 2.45. The molecule has 0 aliphatic carbocycles. The zero-order chi connectivity index (χ0) is 16.0. The number of carbonyl (C=O) groups is 2. The number of hydrogen-bond acceptors (Lipinski definition) is 5. The molecule has 1 aromatic rings. The van der Waals surface area contributed by atoms with Gasteiger partial charge in [-0.15, -0.1) is 12.4 Å². The van der Waals surface area contributed by atoms with Crippen molar-refractivity contribution >= 4 is 24.3 Å². The van der Waals surface area contributed by atoms with E-state index in [0.717, 1.165) is 0 Å². The smallest absolute Gasteiger partial charge is 0.339 e. The highest BCUT2D eigenvalue weighted by molar-refractivity contribution is 5.95. The van der Waals surface area contributed by atoms with Crippen LogP contribution in [-0.4, -0.2) is 42.5 Å². The van der Waals surface area contributed by atoms with Crippen LogP contribution in [0.5, 0.6) is 0 Å². The lowest BCUT2D eigenvalue weighted by Gasteiger charge is -2.14. The summed E-state index contributed by atoms with van der Waals surface area (Å²) in [5.41, 5.74) is 5.31. The minimum absolute atomic E-state index is 0. The molecule has 1 aromatic heterocycles. The Balaban J connectivity index is 0.00000441. The fourth-order valence-electron chi connectivity index (χ4n) is 1.48. The Morgan fingerprint density at radius 1 is 1.41 bits per heavy atom. The molecule has 0 bridgehead atoms. The first kappa shape index (κ1) is 20.2. The van der Waals surface area contributed by atoms with Gasteiger partial charge in [0.1, 0.15) is 5.69 Å². The molecule has 1 amide bonds. The third-order valence-electron chi connectivity index (χ3n) is 2.62. The lowest BCUT2D eigenvalue weighted by molar-refractivity contribution is 0.0118. The van der Waals surface area contributed by atoms with Gasteiger partial charge < -0.3 is 15.8 Å². The molecule has 0 saturated carbocycles. The summed E-state index contributed by atoms with van der Waals surface area (Å²) in [5.74, 6) is -4.49. The van der Waals surface area contributed by atoms with Crippen molar-refractivity contribution in [1.82, 2.24) is 10.3 Å². The third kappa shape index (κ3) is 5.53. The van der Waals surface area contributed by atoms with Gasteiger partial charge in [0.15, 0.2) is 0 Å². The second kappa shape index (κ2) is 8.60. The van der Waals surface area contributed by atoms with E-state index in [9.17, 15) is 18.4 Å². The maximum Gasteiger partial charge on any atom is 0.339 e. The van der Waals surface area contributed by atoms with Crippen LogP contribution >= 0.6 is 12.4 Å². The minimum Gasteiger partial charge on any atom is -0.462 e. The minimum atomic E-state index is -3.17. The third-order valence-corrected chi connectivity index (χ3v) is 2.62. The number of ether oxygens (including phenoxy) is 1. The molecule has 124 valence electrons. The van der Waals surface area contributed by atoms with Gasteiger partial charge in [0.05, 0.1) is 31.0 Å². The summed E-state index contributed by atoms with van der Waals surface area (Å²) >= 11 is 0. The molecule has 1 heterocycles. The van der Waals surface area contributed by atoms with Crippen LogP contribution in [-0.2, 0) is 4.74 Å². The number of alkyl halides is 2. The number of aryl methyl sites for hydroxylation is 1. The number of nitrogens with zero attached hydrogens (tertiary/aromatic N) is 1. The molecule has 0 aliphatic heterocycles. The van der Waals surface area contributed by atoms with Crippen LogP contribution in [0.15, 0.2) is 12.1 Å². The highest BCUT2D eigenvalue weighted by Gasteiger charge is 2.27. The number of hydrogen-bond donors (Lipinski definition) is 2. The van der Waals surface area contributed by atoms with Crippen LogP contribution in [0.1, 0.15) is 33.5 Å². The van der Waals surface area contributed by atoms with Gasteiger partial charge in [-0.25, -0.2) is 18.6 Å². The predicted molar refractivity (Wildman–Crippen MR) is 78.5 cm³/mol. The maximum atomic E-state index is 12.9. The normalized spacial score (nSPS) is 10.6. The quantitative estimate of drug-likeness (QED) is 0.763. The monoisotopic (exact) mass is 337 g/mol. The van der Waals surface area contributed by atoms with Crippen molar-refractivity contribution in [3.8, 4) is 0 Å². The number of aromatic nitrogens is 1. The van der Waals surface area contributed by atoms with E-state index in [1.807, 2.05) is 5.32 Å². The highest BCUT2D eigenvalue weighted by atomic mass is 35.5. The molecule has 1 rings (SSSR count). The van der Waals surface area contributed by atoms with Crippen molar-refractivity contribution in [3.05, 3.63) is 29.1 Å². The number of nitrogens with two attached hydrogens (primary N) is 1. The summed E-state index contributed by atoms with van der Waals surface area (Å²) in [7, 11) is 0. The van der Waals surface area contributed by atoms with Gasteiger partial charge in [-0.1, -0.05) is 0 Å². The SMILES string of the molecule is CCOC(=O)c1ccc(C(=O)NCC(F)(F)CN)nc1C.Cl. The fraction of sp³-hybridized carbons (Fsp3) is 0.462. The zero-order valence-corrected chi connectivity index (χ0v) is 13.0. The molecule has 0 spiro atoms. The number of nitrogens with one attached hydrogen (secondary N) is 1.